The zero-order valence-corrected chi connectivity index (χ0v) is 12.0. The number of piperazine rings is 1. The van der Waals surface area contributed by atoms with Crippen molar-refractivity contribution in [3.05, 3.63) is 22.4 Å². The number of amides is 1. The van der Waals surface area contributed by atoms with Crippen molar-refractivity contribution in [1.29, 1.82) is 0 Å². The monoisotopic (exact) mass is 279 g/mol. The Bertz CT molecular complexity index is 434. The van der Waals surface area contributed by atoms with Crippen LogP contribution in [-0.2, 0) is 11.3 Å². The second kappa shape index (κ2) is 5.23. The summed E-state index contributed by atoms with van der Waals surface area (Å²) in [7, 11) is 0. The molecule has 1 saturated carbocycles. The number of nitrogens with two attached hydrogens (primary N) is 1. The van der Waals surface area contributed by atoms with Gasteiger partial charge in [0.2, 0.25) is 5.91 Å². The van der Waals surface area contributed by atoms with Crippen molar-refractivity contribution in [3.8, 4) is 0 Å². The molecule has 2 aliphatic rings. The van der Waals surface area contributed by atoms with E-state index < -0.39 is 5.54 Å². The van der Waals surface area contributed by atoms with Gasteiger partial charge in [-0.1, -0.05) is 0 Å². The van der Waals surface area contributed by atoms with Crippen LogP contribution in [0.5, 0.6) is 0 Å². The lowest BCUT2D eigenvalue weighted by atomic mass is 9.76. The molecule has 2 fully saturated rings. The molecule has 0 radical (unpaired) electrons. The Hall–Kier alpha value is -0.910. The second-order valence-corrected chi connectivity index (χ2v) is 6.49. The topological polar surface area (TPSA) is 49.6 Å². The quantitative estimate of drug-likeness (QED) is 0.906. The van der Waals surface area contributed by atoms with Gasteiger partial charge >= 0.3 is 0 Å². The molecule has 1 aromatic rings. The van der Waals surface area contributed by atoms with Gasteiger partial charge in [-0.2, -0.15) is 11.3 Å². The highest BCUT2D eigenvalue weighted by molar-refractivity contribution is 7.07. The lowest BCUT2D eigenvalue weighted by Gasteiger charge is -2.43. The third kappa shape index (κ3) is 2.68. The van der Waals surface area contributed by atoms with E-state index >= 15 is 0 Å². The normalized spacial score (nSPS) is 23.1. The van der Waals surface area contributed by atoms with E-state index in [4.69, 9.17) is 5.73 Å². The van der Waals surface area contributed by atoms with Gasteiger partial charge in [-0.15, -0.1) is 0 Å². The van der Waals surface area contributed by atoms with Crippen LogP contribution in [0, 0.1) is 0 Å². The minimum Gasteiger partial charge on any atom is -0.339 e. The molecule has 0 bridgehead atoms. The van der Waals surface area contributed by atoms with Gasteiger partial charge in [0.15, 0.2) is 0 Å². The van der Waals surface area contributed by atoms with Gasteiger partial charge in [0.25, 0.3) is 0 Å². The van der Waals surface area contributed by atoms with Crippen LogP contribution in [0.1, 0.15) is 24.8 Å². The molecule has 1 amide bonds. The Kier molecular flexibility index (Phi) is 3.60. The number of carbonyl (C=O) groups is 1. The Morgan fingerprint density at radius 3 is 2.58 bits per heavy atom. The van der Waals surface area contributed by atoms with Crippen molar-refractivity contribution in [2.24, 2.45) is 5.73 Å². The van der Waals surface area contributed by atoms with Crippen LogP contribution in [0.4, 0.5) is 0 Å². The molecule has 0 atom stereocenters. The van der Waals surface area contributed by atoms with Crippen LogP contribution < -0.4 is 5.73 Å². The largest absolute Gasteiger partial charge is 0.339 e. The molecule has 1 saturated heterocycles. The molecule has 19 heavy (non-hydrogen) atoms. The van der Waals surface area contributed by atoms with Gasteiger partial charge in [-0.3, -0.25) is 9.69 Å². The van der Waals surface area contributed by atoms with Crippen molar-refractivity contribution in [1.82, 2.24) is 9.80 Å². The molecular weight excluding hydrogens is 258 g/mol. The van der Waals surface area contributed by atoms with E-state index in [1.807, 2.05) is 4.90 Å². The van der Waals surface area contributed by atoms with E-state index in [1.165, 1.54) is 5.56 Å². The van der Waals surface area contributed by atoms with E-state index in [2.05, 4.69) is 21.7 Å². The standard InChI is InChI=1S/C14H21N3OS/c15-14(3-1-4-14)13(18)17-7-5-16(6-8-17)10-12-2-9-19-11-12/h2,9,11H,1,3-8,10,15H2. The SMILES string of the molecule is NC1(C(=O)N2CCN(Cc3ccsc3)CC2)CCC1. The maximum Gasteiger partial charge on any atom is 0.242 e. The van der Waals surface area contributed by atoms with E-state index in [1.54, 1.807) is 11.3 Å². The molecule has 3 rings (SSSR count). The molecule has 0 spiro atoms. The minimum absolute atomic E-state index is 0.175. The number of carbonyl (C=O) groups excluding carboxylic acids is 1. The molecule has 1 aliphatic heterocycles. The summed E-state index contributed by atoms with van der Waals surface area (Å²) in [6, 6.07) is 2.17. The predicted molar refractivity (Wildman–Crippen MR) is 76.9 cm³/mol. The summed E-state index contributed by atoms with van der Waals surface area (Å²) in [5, 5.41) is 4.31. The van der Waals surface area contributed by atoms with Crippen LogP contribution in [0.25, 0.3) is 0 Å². The fourth-order valence-electron chi connectivity index (χ4n) is 2.84. The van der Waals surface area contributed by atoms with Gasteiger partial charge < -0.3 is 10.6 Å². The van der Waals surface area contributed by atoms with Gasteiger partial charge in [0.1, 0.15) is 0 Å². The highest BCUT2D eigenvalue weighted by atomic mass is 32.1. The number of hydrogen-bond acceptors (Lipinski definition) is 4. The van der Waals surface area contributed by atoms with Crippen molar-refractivity contribution in [2.45, 2.75) is 31.3 Å². The molecule has 1 aliphatic carbocycles. The molecule has 0 aromatic carbocycles. The molecule has 0 unspecified atom stereocenters. The number of hydrogen-bond donors (Lipinski definition) is 1. The number of nitrogens with zero attached hydrogens (tertiary/aromatic N) is 2. The first-order valence-corrected chi connectivity index (χ1v) is 7.93. The van der Waals surface area contributed by atoms with Gasteiger partial charge in [-0.05, 0) is 41.7 Å². The maximum atomic E-state index is 12.3. The molecule has 1 aromatic heterocycles. The average molecular weight is 279 g/mol. The number of rotatable bonds is 3. The zero-order valence-electron chi connectivity index (χ0n) is 11.2. The average Bonchev–Trinajstić information content (AvgIpc) is 2.89. The molecule has 2 N–H and O–H groups in total. The van der Waals surface area contributed by atoms with Crippen LogP contribution in [0.2, 0.25) is 0 Å². The first-order valence-electron chi connectivity index (χ1n) is 6.99. The minimum atomic E-state index is -0.532. The van der Waals surface area contributed by atoms with Crippen LogP contribution in [0.15, 0.2) is 16.8 Å². The second-order valence-electron chi connectivity index (χ2n) is 5.71. The highest BCUT2D eigenvalue weighted by Crippen LogP contribution is 2.31. The van der Waals surface area contributed by atoms with E-state index in [9.17, 15) is 4.79 Å². The van der Waals surface area contributed by atoms with Crippen molar-refractivity contribution in [2.75, 3.05) is 26.2 Å². The van der Waals surface area contributed by atoms with Crippen molar-refractivity contribution < 1.29 is 4.79 Å². The van der Waals surface area contributed by atoms with Crippen LogP contribution in [-0.4, -0.2) is 47.4 Å². The van der Waals surface area contributed by atoms with Gasteiger partial charge in [0.05, 0.1) is 5.54 Å². The fourth-order valence-corrected chi connectivity index (χ4v) is 3.50. The number of thiophene rings is 1. The fraction of sp³-hybridized carbons (Fsp3) is 0.643. The summed E-state index contributed by atoms with van der Waals surface area (Å²) in [5.41, 5.74) is 6.96. The Balaban J connectivity index is 1.50. The predicted octanol–water partition coefficient (Wildman–Crippen LogP) is 1.27. The molecule has 2 heterocycles. The van der Waals surface area contributed by atoms with Crippen molar-refractivity contribution >= 4 is 17.2 Å². The van der Waals surface area contributed by atoms with E-state index in [0.29, 0.717) is 0 Å². The lowest BCUT2D eigenvalue weighted by molar-refractivity contribution is -0.142. The Labute approximate surface area is 118 Å². The maximum absolute atomic E-state index is 12.3. The van der Waals surface area contributed by atoms with Crippen LogP contribution >= 0.6 is 11.3 Å². The van der Waals surface area contributed by atoms with Crippen LogP contribution in [0.3, 0.4) is 0 Å². The Morgan fingerprint density at radius 1 is 1.32 bits per heavy atom. The summed E-state index contributed by atoms with van der Waals surface area (Å²) in [4.78, 5) is 16.7. The smallest absolute Gasteiger partial charge is 0.242 e. The third-order valence-electron chi connectivity index (χ3n) is 4.32. The Morgan fingerprint density at radius 2 is 2.05 bits per heavy atom. The van der Waals surface area contributed by atoms with Gasteiger partial charge in [0, 0.05) is 32.7 Å². The molecule has 104 valence electrons. The first kappa shape index (κ1) is 13.1. The highest BCUT2D eigenvalue weighted by Gasteiger charge is 2.43. The van der Waals surface area contributed by atoms with E-state index in [-0.39, 0.29) is 5.91 Å². The summed E-state index contributed by atoms with van der Waals surface area (Å²) in [6.45, 7) is 4.55. The molecule has 5 heteroatoms. The van der Waals surface area contributed by atoms with Crippen molar-refractivity contribution in [3.63, 3.8) is 0 Å². The van der Waals surface area contributed by atoms with Gasteiger partial charge in [-0.25, -0.2) is 0 Å². The summed E-state index contributed by atoms with van der Waals surface area (Å²) >= 11 is 1.74. The van der Waals surface area contributed by atoms with E-state index in [0.717, 1.165) is 52.0 Å². The summed E-state index contributed by atoms with van der Waals surface area (Å²) in [6.07, 6.45) is 2.82. The molecule has 4 nitrogen and oxygen atoms in total. The lowest BCUT2D eigenvalue weighted by Crippen LogP contribution is -2.62. The summed E-state index contributed by atoms with van der Waals surface area (Å²) in [5.74, 6) is 0.175. The molecular formula is C14H21N3OS. The first-order chi connectivity index (χ1) is 9.17. The summed E-state index contributed by atoms with van der Waals surface area (Å²) < 4.78 is 0. The third-order valence-corrected chi connectivity index (χ3v) is 5.05. The zero-order chi connectivity index (χ0) is 13.3.